The Balaban J connectivity index is -0.0000000891. The van der Waals surface area contributed by atoms with Gasteiger partial charge in [-0.3, -0.25) is 0 Å². The fourth-order valence-electron chi connectivity index (χ4n) is 0.506. The summed E-state index contributed by atoms with van der Waals surface area (Å²) in [5, 5.41) is 0. The molecule has 0 saturated carbocycles. The Hall–Kier alpha value is 1.13. The molecule has 0 bridgehead atoms. The standard InChI is InChI=1S/C6H10Cl2Si.C3H5.BrH.Mg/c1-3-5-9(7,8)6-4-2;1-3-2;;/h3-4H,1-2,5-6H2;3H,1-2H2;1H;/q;-1;;+2/p-1. The number of hydrogen-bond acceptors (Lipinski definition) is 0. The van der Waals surface area contributed by atoms with Crippen molar-refractivity contribution in [1.82, 2.24) is 0 Å². The molecule has 0 spiro atoms. The smallest absolute Gasteiger partial charge is 1.00 e. The Labute approximate surface area is 125 Å². The summed E-state index contributed by atoms with van der Waals surface area (Å²) in [6.07, 6.45) is 5.02. The zero-order chi connectivity index (χ0) is 10.0. The van der Waals surface area contributed by atoms with Crippen LogP contribution in [0.4, 0.5) is 0 Å². The average molecular weight is 326 g/mol. The first-order chi connectivity index (χ1) is 5.54. The van der Waals surface area contributed by atoms with Gasteiger partial charge in [-0.15, -0.1) is 35.3 Å². The van der Waals surface area contributed by atoms with Crippen LogP contribution in [-0.4, -0.2) is 29.7 Å². The molecule has 0 amide bonds. The molecule has 0 rings (SSSR count). The SMILES string of the molecule is C=CC[Si](Cl)(Cl)CC=C.C=C[CH2-].[Br-].[Mg+2]. The van der Waals surface area contributed by atoms with Crippen molar-refractivity contribution in [1.29, 1.82) is 0 Å². The predicted molar refractivity (Wildman–Crippen MR) is 68.8 cm³/mol. The summed E-state index contributed by atoms with van der Waals surface area (Å²) < 4.78 is 0. The minimum Gasteiger partial charge on any atom is -1.00 e. The molecule has 0 aliphatic heterocycles. The minimum absolute atomic E-state index is 0. The first kappa shape index (κ1) is 24.4. The van der Waals surface area contributed by atoms with E-state index in [0.29, 0.717) is 0 Å². The molecule has 0 nitrogen and oxygen atoms in total. The molecule has 5 heteroatoms. The Morgan fingerprint density at radius 3 is 1.43 bits per heavy atom. The van der Waals surface area contributed by atoms with E-state index in [1.807, 2.05) is 0 Å². The van der Waals surface area contributed by atoms with Crippen molar-refractivity contribution in [2.24, 2.45) is 0 Å². The van der Waals surface area contributed by atoms with Gasteiger partial charge in [0.15, 0.2) is 0 Å². The van der Waals surface area contributed by atoms with Gasteiger partial charge in [-0.2, -0.15) is 0 Å². The van der Waals surface area contributed by atoms with E-state index in [4.69, 9.17) is 22.2 Å². The molecule has 78 valence electrons. The van der Waals surface area contributed by atoms with Gasteiger partial charge in [0.1, 0.15) is 0 Å². The molecular formula is C9H15BrCl2MgSi. The maximum absolute atomic E-state index is 5.90. The maximum atomic E-state index is 5.90. The second-order valence-corrected chi connectivity index (χ2v) is 9.58. The second-order valence-electron chi connectivity index (χ2n) is 2.13. The molecule has 0 atom stereocenters. The van der Waals surface area contributed by atoms with Crippen molar-refractivity contribution >= 4 is 51.9 Å². The van der Waals surface area contributed by atoms with Crippen molar-refractivity contribution in [3.8, 4) is 0 Å². The third-order valence-electron chi connectivity index (χ3n) is 0.886. The zero-order valence-electron chi connectivity index (χ0n) is 8.32. The Morgan fingerprint density at radius 1 is 1.07 bits per heavy atom. The van der Waals surface area contributed by atoms with Crippen molar-refractivity contribution < 1.29 is 17.0 Å². The van der Waals surface area contributed by atoms with Crippen LogP contribution < -0.4 is 17.0 Å². The third kappa shape index (κ3) is 23.2. The predicted octanol–water partition coefficient (Wildman–Crippen LogP) is 0.908. The van der Waals surface area contributed by atoms with Gasteiger partial charge < -0.3 is 17.0 Å². The summed E-state index contributed by atoms with van der Waals surface area (Å²) in [6.45, 7) is 11.6. The van der Waals surface area contributed by atoms with E-state index in [-0.39, 0.29) is 40.0 Å². The van der Waals surface area contributed by atoms with Crippen LogP contribution in [0.3, 0.4) is 0 Å². The molecule has 0 aromatic carbocycles. The van der Waals surface area contributed by atoms with E-state index < -0.39 is 6.69 Å². The van der Waals surface area contributed by atoms with Gasteiger partial charge in [-0.1, -0.05) is 12.2 Å². The molecule has 0 heterocycles. The molecule has 0 aromatic heterocycles. The van der Waals surface area contributed by atoms with Gasteiger partial charge in [0, 0.05) is 0 Å². The quantitative estimate of drug-likeness (QED) is 0.312. The van der Waals surface area contributed by atoms with Crippen molar-refractivity contribution in [3.63, 3.8) is 0 Å². The summed E-state index contributed by atoms with van der Waals surface area (Å²) >= 11 is 11.8. The van der Waals surface area contributed by atoms with Crippen LogP contribution in [0.15, 0.2) is 38.0 Å². The molecule has 0 radical (unpaired) electrons. The van der Waals surface area contributed by atoms with Gasteiger partial charge in [0.05, 0.1) is 0 Å². The van der Waals surface area contributed by atoms with Gasteiger partial charge in [0.25, 0.3) is 6.69 Å². The molecule has 14 heavy (non-hydrogen) atoms. The van der Waals surface area contributed by atoms with Crippen LogP contribution in [0.5, 0.6) is 0 Å². The molecule has 0 N–H and O–H groups in total. The van der Waals surface area contributed by atoms with E-state index in [2.05, 4.69) is 26.7 Å². The van der Waals surface area contributed by atoms with Crippen LogP contribution >= 0.6 is 22.2 Å². The number of allylic oxidation sites excluding steroid dienone is 3. The van der Waals surface area contributed by atoms with E-state index >= 15 is 0 Å². The number of rotatable bonds is 4. The normalized spacial score (nSPS) is 7.86. The summed E-state index contributed by atoms with van der Waals surface area (Å²) in [4.78, 5) is 0. The van der Waals surface area contributed by atoms with Crippen molar-refractivity contribution in [3.05, 3.63) is 44.9 Å². The largest absolute Gasteiger partial charge is 2.00 e. The summed E-state index contributed by atoms with van der Waals surface area (Å²) in [5.74, 6) is 0. The summed E-state index contributed by atoms with van der Waals surface area (Å²) in [7, 11) is 0. The first-order valence-corrected chi connectivity index (χ1v) is 7.97. The molecule has 0 aromatic rings. The first-order valence-electron chi connectivity index (χ1n) is 3.53. The monoisotopic (exact) mass is 324 g/mol. The zero-order valence-corrected chi connectivity index (χ0v) is 13.8. The van der Waals surface area contributed by atoms with E-state index in [1.165, 1.54) is 6.08 Å². The molecule has 0 aliphatic rings. The van der Waals surface area contributed by atoms with Gasteiger partial charge in [-0.05, 0) is 12.1 Å². The molecule has 0 unspecified atom stereocenters. The van der Waals surface area contributed by atoms with Crippen LogP contribution in [0.25, 0.3) is 0 Å². The molecule has 0 aliphatic carbocycles. The number of halogens is 3. The van der Waals surface area contributed by atoms with Gasteiger partial charge in [0.2, 0.25) is 0 Å². The fraction of sp³-hybridized carbons (Fsp3) is 0.222. The van der Waals surface area contributed by atoms with Crippen LogP contribution in [0, 0.1) is 6.92 Å². The van der Waals surface area contributed by atoms with Crippen molar-refractivity contribution in [2.75, 3.05) is 0 Å². The fourth-order valence-corrected chi connectivity index (χ4v) is 2.83. The van der Waals surface area contributed by atoms with Crippen LogP contribution in [0.1, 0.15) is 0 Å². The van der Waals surface area contributed by atoms with Crippen LogP contribution in [-0.2, 0) is 0 Å². The molecule has 0 fully saturated rings. The van der Waals surface area contributed by atoms with Gasteiger partial charge in [-0.25, -0.2) is 19.6 Å². The Morgan fingerprint density at radius 2 is 1.29 bits per heavy atom. The van der Waals surface area contributed by atoms with Crippen molar-refractivity contribution in [2.45, 2.75) is 12.1 Å². The van der Waals surface area contributed by atoms with Gasteiger partial charge >= 0.3 is 23.1 Å². The topological polar surface area (TPSA) is 0 Å². The van der Waals surface area contributed by atoms with E-state index in [1.54, 1.807) is 12.2 Å². The second kappa shape index (κ2) is 16.6. The molecule has 0 saturated heterocycles. The molecular weight excluding hydrogens is 311 g/mol. The summed E-state index contributed by atoms with van der Waals surface area (Å²) in [5.41, 5.74) is 0. The third-order valence-corrected chi connectivity index (χ3v) is 4.51. The minimum atomic E-state index is -1.99. The Kier molecular flexibility index (Phi) is 28.8. The Bertz CT molecular complexity index is 140. The summed E-state index contributed by atoms with van der Waals surface area (Å²) in [6, 6.07) is 1.48. The van der Waals surface area contributed by atoms with E-state index in [9.17, 15) is 0 Å². The average Bonchev–Trinajstić information content (AvgIpc) is 1.88. The maximum Gasteiger partial charge on any atom is 2.00 e. The number of hydrogen-bond donors (Lipinski definition) is 0. The van der Waals surface area contributed by atoms with Crippen LogP contribution in [0.2, 0.25) is 12.1 Å². The van der Waals surface area contributed by atoms with E-state index in [0.717, 1.165) is 12.1 Å².